The first-order valence-electron chi connectivity index (χ1n) is 6.55. The molecule has 1 aromatic carbocycles. The maximum atomic E-state index is 12.3. The Kier molecular flexibility index (Phi) is 5.09. The predicted octanol–water partition coefficient (Wildman–Crippen LogP) is 2.03. The minimum Gasteiger partial charge on any atom is -0.336 e. The SMILES string of the molecule is Cc1nc(CN(C)C(=O)c2ccc(C#CCN)cc2)cs1. The van der Waals surface area contributed by atoms with Gasteiger partial charge in [-0.15, -0.1) is 11.3 Å². The second-order valence-electron chi connectivity index (χ2n) is 4.60. The molecule has 4 nitrogen and oxygen atoms in total. The molecule has 1 amide bonds. The van der Waals surface area contributed by atoms with Crippen molar-refractivity contribution < 1.29 is 4.79 Å². The van der Waals surface area contributed by atoms with Gasteiger partial charge in [-0.25, -0.2) is 4.98 Å². The molecule has 1 heterocycles. The van der Waals surface area contributed by atoms with Crippen LogP contribution in [0.25, 0.3) is 0 Å². The van der Waals surface area contributed by atoms with Gasteiger partial charge in [0.2, 0.25) is 0 Å². The number of aryl methyl sites for hydroxylation is 1. The number of hydrogen-bond donors (Lipinski definition) is 1. The first-order valence-corrected chi connectivity index (χ1v) is 7.43. The molecule has 0 aliphatic rings. The van der Waals surface area contributed by atoms with Gasteiger partial charge in [-0.2, -0.15) is 0 Å². The minimum absolute atomic E-state index is 0.0287. The van der Waals surface area contributed by atoms with Crippen molar-refractivity contribution in [3.8, 4) is 11.8 Å². The molecule has 0 fully saturated rings. The molecule has 2 rings (SSSR count). The van der Waals surface area contributed by atoms with Gasteiger partial charge in [-0.1, -0.05) is 11.8 Å². The average molecular weight is 299 g/mol. The lowest BCUT2D eigenvalue weighted by Gasteiger charge is -2.15. The number of hydrogen-bond acceptors (Lipinski definition) is 4. The Morgan fingerprint density at radius 2 is 2.10 bits per heavy atom. The zero-order chi connectivity index (χ0) is 15.2. The molecule has 0 bridgehead atoms. The Morgan fingerprint density at radius 1 is 1.38 bits per heavy atom. The topological polar surface area (TPSA) is 59.2 Å². The van der Waals surface area contributed by atoms with Crippen LogP contribution in [0.2, 0.25) is 0 Å². The number of nitrogens with two attached hydrogens (primary N) is 1. The van der Waals surface area contributed by atoms with Crippen LogP contribution in [-0.2, 0) is 6.54 Å². The smallest absolute Gasteiger partial charge is 0.253 e. The highest BCUT2D eigenvalue weighted by Crippen LogP contribution is 2.12. The van der Waals surface area contributed by atoms with Crippen LogP contribution >= 0.6 is 11.3 Å². The third kappa shape index (κ3) is 4.15. The van der Waals surface area contributed by atoms with Crippen LogP contribution < -0.4 is 5.73 Å². The van der Waals surface area contributed by atoms with Gasteiger partial charge < -0.3 is 10.6 Å². The lowest BCUT2D eigenvalue weighted by Crippen LogP contribution is -2.26. The summed E-state index contributed by atoms with van der Waals surface area (Å²) in [4.78, 5) is 18.4. The Hall–Kier alpha value is -2.16. The van der Waals surface area contributed by atoms with E-state index in [1.165, 1.54) is 0 Å². The monoisotopic (exact) mass is 299 g/mol. The zero-order valence-corrected chi connectivity index (χ0v) is 12.9. The largest absolute Gasteiger partial charge is 0.336 e. The molecule has 0 saturated carbocycles. The number of amides is 1. The van der Waals surface area contributed by atoms with Gasteiger partial charge >= 0.3 is 0 Å². The van der Waals surface area contributed by atoms with E-state index >= 15 is 0 Å². The van der Waals surface area contributed by atoms with Gasteiger partial charge in [0, 0.05) is 23.6 Å². The fraction of sp³-hybridized carbons (Fsp3) is 0.250. The number of thiazole rings is 1. The standard InChI is InChI=1S/C16H17N3OS/c1-12-18-15(11-21-12)10-19(2)16(20)14-7-5-13(6-8-14)4-3-9-17/h5-8,11H,9-10,17H2,1-2H3. The molecular formula is C16H17N3OS. The number of rotatable bonds is 3. The van der Waals surface area contributed by atoms with E-state index < -0.39 is 0 Å². The highest BCUT2D eigenvalue weighted by atomic mass is 32.1. The molecule has 0 unspecified atom stereocenters. The second-order valence-corrected chi connectivity index (χ2v) is 5.66. The van der Waals surface area contributed by atoms with Crippen LogP contribution in [0.5, 0.6) is 0 Å². The van der Waals surface area contributed by atoms with E-state index in [1.807, 2.05) is 24.4 Å². The van der Waals surface area contributed by atoms with Crippen LogP contribution in [0, 0.1) is 18.8 Å². The summed E-state index contributed by atoms with van der Waals surface area (Å²) in [6, 6.07) is 7.23. The van der Waals surface area contributed by atoms with E-state index in [2.05, 4.69) is 16.8 Å². The van der Waals surface area contributed by atoms with E-state index in [9.17, 15) is 4.79 Å². The average Bonchev–Trinajstić information content (AvgIpc) is 2.90. The first-order chi connectivity index (χ1) is 10.1. The van der Waals surface area contributed by atoms with E-state index in [1.54, 1.807) is 35.4 Å². The zero-order valence-electron chi connectivity index (χ0n) is 12.1. The van der Waals surface area contributed by atoms with Crippen LogP contribution in [0.4, 0.5) is 0 Å². The molecule has 0 aliphatic carbocycles. The van der Waals surface area contributed by atoms with Crippen molar-refractivity contribution in [1.82, 2.24) is 9.88 Å². The van der Waals surface area contributed by atoms with Gasteiger partial charge in [0.15, 0.2) is 0 Å². The third-order valence-electron chi connectivity index (χ3n) is 2.88. The highest BCUT2D eigenvalue weighted by molar-refractivity contribution is 7.09. The Bertz CT molecular complexity index is 680. The number of aromatic nitrogens is 1. The Labute approximate surface area is 128 Å². The lowest BCUT2D eigenvalue weighted by atomic mass is 10.1. The molecule has 0 saturated heterocycles. The van der Waals surface area contributed by atoms with Crippen molar-refractivity contribution in [1.29, 1.82) is 0 Å². The predicted molar refractivity (Wildman–Crippen MR) is 85.0 cm³/mol. The van der Waals surface area contributed by atoms with Crippen molar-refractivity contribution in [2.45, 2.75) is 13.5 Å². The summed E-state index contributed by atoms with van der Waals surface area (Å²) in [6.45, 7) is 2.80. The summed E-state index contributed by atoms with van der Waals surface area (Å²) in [5, 5.41) is 2.98. The second kappa shape index (κ2) is 7.02. The van der Waals surface area contributed by atoms with Crippen molar-refractivity contribution in [2.75, 3.05) is 13.6 Å². The van der Waals surface area contributed by atoms with Crippen molar-refractivity contribution in [2.24, 2.45) is 5.73 Å². The van der Waals surface area contributed by atoms with Crippen molar-refractivity contribution in [3.05, 3.63) is 51.5 Å². The molecule has 1 aromatic heterocycles. The fourth-order valence-electron chi connectivity index (χ4n) is 1.87. The van der Waals surface area contributed by atoms with Gasteiger partial charge in [-0.3, -0.25) is 4.79 Å². The number of carbonyl (C=O) groups is 1. The van der Waals surface area contributed by atoms with E-state index in [0.29, 0.717) is 18.7 Å². The van der Waals surface area contributed by atoms with Gasteiger partial charge in [0.1, 0.15) is 0 Å². The lowest BCUT2D eigenvalue weighted by molar-refractivity contribution is 0.0783. The fourth-order valence-corrected chi connectivity index (χ4v) is 2.47. The quantitative estimate of drug-likeness (QED) is 0.882. The molecule has 21 heavy (non-hydrogen) atoms. The molecule has 108 valence electrons. The first kappa shape index (κ1) is 15.2. The summed E-state index contributed by atoms with van der Waals surface area (Å²) in [6.07, 6.45) is 0. The summed E-state index contributed by atoms with van der Waals surface area (Å²) in [7, 11) is 1.78. The Balaban J connectivity index is 2.05. The van der Waals surface area contributed by atoms with E-state index in [4.69, 9.17) is 5.73 Å². The number of benzene rings is 1. The highest BCUT2D eigenvalue weighted by Gasteiger charge is 2.13. The van der Waals surface area contributed by atoms with Crippen molar-refractivity contribution >= 4 is 17.2 Å². The molecule has 2 aromatic rings. The molecule has 0 aliphatic heterocycles. The summed E-state index contributed by atoms with van der Waals surface area (Å²) >= 11 is 1.59. The number of carbonyl (C=O) groups excluding carboxylic acids is 1. The van der Waals surface area contributed by atoms with E-state index in [-0.39, 0.29) is 5.91 Å². The molecule has 2 N–H and O–H groups in total. The van der Waals surface area contributed by atoms with Crippen LogP contribution in [0.3, 0.4) is 0 Å². The van der Waals surface area contributed by atoms with Crippen LogP contribution in [0.1, 0.15) is 26.6 Å². The van der Waals surface area contributed by atoms with Gasteiger partial charge in [0.25, 0.3) is 5.91 Å². The molecule has 5 heteroatoms. The third-order valence-corrected chi connectivity index (χ3v) is 3.70. The number of nitrogens with zero attached hydrogens (tertiary/aromatic N) is 2. The Morgan fingerprint density at radius 3 is 2.67 bits per heavy atom. The van der Waals surface area contributed by atoms with Crippen molar-refractivity contribution in [3.63, 3.8) is 0 Å². The minimum atomic E-state index is -0.0287. The van der Waals surface area contributed by atoms with Gasteiger partial charge in [0.05, 0.1) is 23.8 Å². The maximum absolute atomic E-state index is 12.3. The molecule has 0 atom stereocenters. The summed E-state index contributed by atoms with van der Waals surface area (Å²) in [5.74, 6) is 5.69. The summed E-state index contributed by atoms with van der Waals surface area (Å²) in [5.41, 5.74) is 7.74. The van der Waals surface area contributed by atoms with Crippen LogP contribution in [0.15, 0.2) is 29.6 Å². The van der Waals surface area contributed by atoms with Gasteiger partial charge in [-0.05, 0) is 31.2 Å². The maximum Gasteiger partial charge on any atom is 0.253 e. The molecule has 0 radical (unpaired) electrons. The molecular weight excluding hydrogens is 282 g/mol. The normalized spacial score (nSPS) is 9.86. The van der Waals surface area contributed by atoms with E-state index in [0.717, 1.165) is 16.3 Å². The summed E-state index contributed by atoms with van der Waals surface area (Å²) < 4.78 is 0. The molecule has 0 spiro atoms. The van der Waals surface area contributed by atoms with Crippen LogP contribution in [-0.4, -0.2) is 29.4 Å².